The zero-order valence-corrected chi connectivity index (χ0v) is 16.9. The van der Waals surface area contributed by atoms with E-state index < -0.39 is 0 Å². The summed E-state index contributed by atoms with van der Waals surface area (Å²) in [6.45, 7) is 4.43. The molecule has 0 saturated carbocycles. The number of ether oxygens (including phenoxy) is 1. The molecule has 9 heteroatoms. The second-order valence-electron chi connectivity index (χ2n) is 7.56. The molecule has 3 N–H and O–H groups in total. The zero-order valence-electron chi connectivity index (χ0n) is 16.0. The van der Waals surface area contributed by atoms with Crippen molar-refractivity contribution in [2.24, 2.45) is 0 Å². The second kappa shape index (κ2) is 9.66. The van der Waals surface area contributed by atoms with Crippen LogP contribution in [0.5, 0.6) is 0 Å². The summed E-state index contributed by atoms with van der Waals surface area (Å²) in [5.41, 5.74) is 0. The Morgan fingerprint density at radius 1 is 1.37 bits per heavy atom. The molecule has 152 valence electrons. The van der Waals surface area contributed by atoms with Gasteiger partial charge in [-0.1, -0.05) is 0 Å². The van der Waals surface area contributed by atoms with Crippen molar-refractivity contribution in [2.75, 3.05) is 46.4 Å². The van der Waals surface area contributed by atoms with Crippen molar-refractivity contribution in [3.8, 4) is 0 Å². The Kier molecular flexibility index (Phi) is 7.26. The average molecular weight is 398 g/mol. The molecule has 0 aromatic rings. The smallest absolute Gasteiger partial charge is 0.237 e. The monoisotopic (exact) mass is 397 g/mol. The van der Waals surface area contributed by atoms with Crippen LogP contribution in [-0.2, 0) is 14.3 Å². The van der Waals surface area contributed by atoms with E-state index in [1.807, 2.05) is 4.90 Å². The zero-order chi connectivity index (χ0) is 19.2. The number of thiocarbonyl (C=S) groups is 1. The number of rotatable bonds is 7. The molecule has 3 aliphatic rings. The lowest BCUT2D eigenvalue weighted by atomic mass is 10.0. The van der Waals surface area contributed by atoms with Crippen molar-refractivity contribution in [2.45, 2.75) is 50.2 Å². The summed E-state index contributed by atoms with van der Waals surface area (Å²) < 4.78 is 5.01. The van der Waals surface area contributed by atoms with Crippen LogP contribution in [0.2, 0.25) is 0 Å². The topological polar surface area (TPSA) is 85.9 Å². The molecule has 0 bridgehead atoms. The van der Waals surface area contributed by atoms with Crippen LogP contribution < -0.4 is 16.0 Å². The molecule has 8 nitrogen and oxygen atoms in total. The molecule has 3 heterocycles. The maximum Gasteiger partial charge on any atom is 0.237 e. The van der Waals surface area contributed by atoms with Crippen molar-refractivity contribution in [1.82, 2.24) is 25.8 Å². The fourth-order valence-corrected chi connectivity index (χ4v) is 4.53. The van der Waals surface area contributed by atoms with Gasteiger partial charge in [0.1, 0.15) is 0 Å². The van der Waals surface area contributed by atoms with E-state index in [0.717, 1.165) is 45.3 Å². The number of nitrogens with one attached hydrogen (secondary N) is 3. The lowest BCUT2D eigenvalue weighted by Crippen LogP contribution is -2.58. The van der Waals surface area contributed by atoms with Gasteiger partial charge in [-0.3, -0.25) is 14.5 Å². The molecular formula is C18H31N5O3S. The molecule has 0 unspecified atom stereocenters. The van der Waals surface area contributed by atoms with Crippen LogP contribution in [-0.4, -0.2) is 91.3 Å². The summed E-state index contributed by atoms with van der Waals surface area (Å²) in [5, 5.41) is 10.0. The predicted molar refractivity (Wildman–Crippen MR) is 106 cm³/mol. The van der Waals surface area contributed by atoms with Crippen LogP contribution in [0.1, 0.15) is 32.1 Å². The third-order valence-corrected chi connectivity index (χ3v) is 5.96. The Morgan fingerprint density at radius 2 is 2.15 bits per heavy atom. The minimum atomic E-state index is -0.134. The molecule has 0 spiro atoms. The highest BCUT2D eigenvalue weighted by molar-refractivity contribution is 7.80. The number of carbonyl (C=O) groups is 2. The first kappa shape index (κ1) is 20.3. The number of hydrogen-bond donors (Lipinski definition) is 3. The van der Waals surface area contributed by atoms with E-state index in [-0.39, 0.29) is 29.9 Å². The molecule has 0 radical (unpaired) electrons. The van der Waals surface area contributed by atoms with E-state index in [1.54, 1.807) is 7.11 Å². The van der Waals surface area contributed by atoms with Gasteiger partial charge in [0.15, 0.2) is 5.11 Å². The minimum absolute atomic E-state index is 0.0830. The second-order valence-corrected chi connectivity index (χ2v) is 7.97. The quantitative estimate of drug-likeness (QED) is 0.392. The van der Waals surface area contributed by atoms with Gasteiger partial charge in [0, 0.05) is 58.3 Å². The highest BCUT2D eigenvalue weighted by Crippen LogP contribution is 2.26. The van der Waals surface area contributed by atoms with E-state index >= 15 is 0 Å². The van der Waals surface area contributed by atoms with Crippen molar-refractivity contribution < 1.29 is 14.3 Å². The summed E-state index contributed by atoms with van der Waals surface area (Å²) in [7, 11) is 1.65. The van der Waals surface area contributed by atoms with Crippen LogP contribution in [0, 0.1) is 0 Å². The molecule has 3 aliphatic heterocycles. The third kappa shape index (κ3) is 5.30. The Morgan fingerprint density at radius 3 is 2.89 bits per heavy atom. The highest BCUT2D eigenvalue weighted by atomic mass is 32.1. The van der Waals surface area contributed by atoms with Crippen LogP contribution in [0.4, 0.5) is 0 Å². The van der Waals surface area contributed by atoms with E-state index in [1.165, 1.54) is 0 Å². The Labute approximate surface area is 166 Å². The van der Waals surface area contributed by atoms with Crippen LogP contribution in [0.3, 0.4) is 0 Å². The standard InChI is InChI=1S/C18H31N5O3S/c1-26-9-6-19-18(27)21-13-10-15-17(25)20-11-14(23(15)12-13)4-5-16(24)22-7-2-3-8-22/h13-15H,2-12H2,1H3,(H,20,25)(H2,19,21,27)/t13-,14+,15-/m0/s1. The van der Waals surface area contributed by atoms with Gasteiger partial charge in [0.05, 0.1) is 12.6 Å². The highest BCUT2D eigenvalue weighted by Gasteiger charge is 2.43. The lowest BCUT2D eigenvalue weighted by molar-refractivity contribution is -0.131. The fourth-order valence-electron chi connectivity index (χ4n) is 4.27. The molecule has 0 aromatic heterocycles. The molecule has 3 rings (SSSR count). The van der Waals surface area contributed by atoms with Gasteiger partial charge in [0.25, 0.3) is 0 Å². The van der Waals surface area contributed by atoms with E-state index in [4.69, 9.17) is 17.0 Å². The summed E-state index contributed by atoms with van der Waals surface area (Å²) in [5.74, 6) is 0.332. The minimum Gasteiger partial charge on any atom is -0.383 e. The first-order valence-corrected chi connectivity index (χ1v) is 10.3. The molecule has 3 fully saturated rings. The van der Waals surface area contributed by atoms with Gasteiger partial charge >= 0.3 is 0 Å². The summed E-state index contributed by atoms with van der Waals surface area (Å²) in [4.78, 5) is 28.9. The Hall–Kier alpha value is -1.45. The van der Waals surface area contributed by atoms with E-state index in [9.17, 15) is 9.59 Å². The number of piperazine rings is 1. The largest absolute Gasteiger partial charge is 0.383 e. The molecule has 0 aromatic carbocycles. The van der Waals surface area contributed by atoms with E-state index in [0.29, 0.717) is 31.2 Å². The summed E-state index contributed by atoms with van der Waals surface area (Å²) in [6.07, 6.45) is 4.30. The van der Waals surface area contributed by atoms with Crippen molar-refractivity contribution >= 4 is 29.1 Å². The number of amides is 2. The number of nitrogens with zero attached hydrogens (tertiary/aromatic N) is 2. The van der Waals surface area contributed by atoms with Crippen LogP contribution >= 0.6 is 12.2 Å². The number of methoxy groups -OCH3 is 1. The summed E-state index contributed by atoms with van der Waals surface area (Å²) in [6, 6.07) is 0.212. The third-order valence-electron chi connectivity index (χ3n) is 5.70. The normalized spacial score (nSPS) is 28.0. The first-order valence-electron chi connectivity index (χ1n) is 9.93. The Bertz CT molecular complexity index is 555. The molecular weight excluding hydrogens is 366 g/mol. The summed E-state index contributed by atoms with van der Waals surface area (Å²) >= 11 is 5.33. The molecule has 3 saturated heterocycles. The van der Waals surface area contributed by atoms with Gasteiger partial charge in [-0.2, -0.15) is 0 Å². The number of hydrogen-bond acceptors (Lipinski definition) is 5. The number of carbonyl (C=O) groups excluding carboxylic acids is 2. The average Bonchev–Trinajstić information content (AvgIpc) is 3.31. The van der Waals surface area contributed by atoms with Crippen LogP contribution in [0.25, 0.3) is 0 Å². The van der Waals surface area contributed by atoms with E-state index in [2.05, 4.69) is 20.9 Å². The van der Waals surface area contributed by atoms with Gasteiger partial charge in [0.2, 0.25) is 11.8 Å². The van der Waals surface area contributed by atoms with Crippen molar-refractivity contribution in [3.05, 3.63) is 0 Å². The van der Waals surface area contributed by atoms with Gasteiger partial charge in [-0.05, 0) is 37.9 Å². The molecule has 2 amide bonds. The Balaban J connectivity index is 1.49. The van der Waals surface area contributed by atoms with Gasteiger partial charge in [-0.15, -0.1) is 0 Å². The van der Waals surface area contributed by atoms with Gasteiger partial charge in [-0.25, -0.2) is 0 Å². The van der Waals surface area contributed by atoms with Crippen molar-refractivity contribution in [3.63, 3.8) is 0 Å². The number of likely N-dealkylation sites (tertiary alicyclic amines) is 1. The lowest BCUT2D eigenvalue weighted by Gasteiger charge is -2.37. The van der Waals surface area contributed by atoms with Crippen molar-refractivity contribution in [1.29, 1.82) is 0 Å². The number of fused-ring (bicyclic) bond motifs is 1. The molecule has 3 atom stereocenters. The SMILES string of the molecule is COCCNC(=S)N[C@H]1C[C@H]2C(=O)NC[C@@H](CCC(=O)N3CCCC3)N2C1. The molecule has 27 heavy (non-hydrogen) atoms. The maximum atomic E-state index is 12.4. The van der Waals surface area contributed by atoms with Crippen LogP contribution in [0.15, 0.2) is 0 Å². The predicted octanol–water partition coefficient (Wildman–Crippen LogP) is -0.559. The fraction of sp³-hybridized carbons (Fsp3) is 0.833. The molecule has 0 aliphatic carbocycles. The maximum absolute atomic E-state index is 12.4. The van der Waals surface area contributed by atoms with Gasteiger partial charge < -0.3 is 25.6 Å². The first-order chi connectivity index (χ1) is 13.1.